The van der Waals surface area contributed by atoms with Crippen LogP contribution in [-0.2, 0) is 9.59 Å². The molecule has 26 heavy (non-hydrogen) atoms. The van der Waals surface area contributed by atoms with E-state index in [1.165, 1.54) is 11.3 Å². The molecule has 1 saturated heterocycles. The van der Waals surface area contributed by atoms with Gasteiger partial charge in [0, 0.05) is 25.6 Å². The average molecular weight is 380 g/mol. The van der Waals surface area contributed by atoms with E-state index in [1.807, 2.05) is 37.1 Å². The Labute approximate surface area is 159 Å². The van der Waals surface area contributed by atoms with Gasteiger partial charge in [-0.1, -0.05) is 19.9 Å². The van der Waals surface area contributed by atoms with Gasteiger partial charge in [-0.05, 0) is 43.6 Å². The third kappa shape index (κ3) is 5.30. The van der Waals surface area contributed by atoms with Crippen molar-refractivity contribution in [2.75, 3.05) is 13.1 Å². The highest BCUT2D eigenvalue weighted by Gasteiger charge is 2.34. The Hall–Kier alpha value is -1.89. The molecule has 0 radical (unpaired) electrons. The van der Waals surface area contributed by atoms with Gasteiger partial charge in [0.1, 0.15) is 6.04 Å². The Kier molecular flexibility index (Phi) is 7.63. The number of nitrogens with one attached hydrogen (secondary N) is 2. The number of hydrogen-bond donors (Lipinski definition) is 2. The lowest BCUT2D eigenvalue weighted by Gasteiger charge is -2.36. The number of nitrogens with zero attached hydrogens (tertiary/aromatic N) is 1. The summed E-state index contributed by atoms with van der Waals surface area (Å²) in [7, 11) is 0. The highest BCUT2D eigenvalue weighted by atomic mass is 32.1. The van der Waals surface area contributed by atoms with Gasteiger partial charge in [0.25, 0.3) is 5.91 Å². The lowest BCUT2D eigenvalue weighted by molar-refractivity contribution is -0.132. The second-order valence-electron chi connectivity index (χ2n) is 6.82. The van der Waals surface area contributed by atoms with Crippen LogP contribution in [0, 0.1) is 5.92 Å². The first kappa shape index (κ1) is 20.4. The van der Waals surface area contributed by atoms with Crippen LogP contribution in [0.25, 0.3) is 0 Å². The van der Waals surface area contributed by atoms with E-state index in [2.05, 4.69) is 10.6 Å². The molecule has 144 valence electrons. The van der Waals surface area contributed by atoms with Crippen molar-refractivity contribution in [1.29, 1.82) is 0 Å². The number of rotatable bonds is 7. The maximum absolute atomic E-state index is 12.8. The molecule has 0 aliphatic carbocycles. The second-order valence-corrected chi connectivity index (χ2v) is 7.77. The fraction of sp³-hybridized carbons (Fsp3) is 0.632. The number of carbonyl (C=O) groups is 3. The zero-order valence-electron chi connectivity index (χ0n) is 15.8. The molecule has 2 rings (SSSR count). The fourth-order valence-electron chi connectivity index (χ4n) is 3.16. The van der Waals surface area contributed by atoms with Crippen LogP contribution in [0.5, 0.6) is 0 Å². The lowest BCUT2D eigenvalue weighted by atomic mass is 9.88. The van der Waals surface area contributed by atoms with Crippen LogP contribution in [-0.4, -0.2) is 47.8 Å². The van der Waals surface area contributed by atoms with Crippen LogP contribution in [0.3, 0.4) is 0 Å². The SMILES string of the molecule is CCC(=O)N1CCC([C@@H](NC(=O)c2cccs2)C(=O)N[C@H](C)CC)CC1. The molecule has 2 heterocycles. The predicted molar refractivity (Wildman–Crippen MR) is 103 cm³/mol. The van der Waals surface area contributed by atoms with Crippen LogP contribution in [0.4, 0.5) is 0 Å². The first-order valence-corrected chi connectivity index (χ1v) is 10.3. The number of amides is 3. The summed E-state index contributed by atoms with van der Waals surface area (Å²) in [6, 6.07) is 3.07. The number of hydrogen-bond acceptors (Lipinski definition) is 4. The number of thiophene rings is 1. The van der Waals surface area contributed by atoms with Gasteiger partial charge in [0.15, 0.2) is 0 Å². The van der Waals surface area contributed by atoms with Gasteiger partial charge in [-0.15, -0.1) is 11.3 Å². The molecule has 6 nitrogen and oxygen atoms in total. The summed E-state index contributed by atoms with van der Waals surface area (Å²) in [6.07, 6.45) is 2.77. The van der Waals surface area contributed by atoms with Gasteiger partial charge < -0.3 is 15.5 Å². The van der Waals surface area contributed by atoms with Crippen LogP contribution in [0.1, 0.15) is 56.1 Å². The Bertz CT molecular complexity index is 610. The quantitative estimate of drug-likeness (QED) is 0.764. The van der Waals surface area contributed by atoms with Crippen LogP contribution >= 0.6 is 11.3 Å². The molecule has 1 aromatic rings. The lowest BCUT2D eigenvalue weighted by Crippen LogP contribution is -2.55. The Morgan fingerprint density at radius 3 is 2.46 bits per heavy atom. The van der Waals surface area contributed by atoms with E-state index >= 15 is 0 Å². The summed E-state index contributed by atoms with van der Waals surface area (Å²) in [5.41, 5.74) is 0. The second kappa shape index (κ2) is 9.71. The fourth-order valence-corrected chi connectivity index (χ4v) is 3.78. The van der Waals surface area contributed by atoms with Crippen molar-refractivity contribution >= 4 is 29.1 Å². The number of likely N-dealkylation sites (tertiary alicyclic amines) is 1. The van der Waals surface area contributed by atoms with Crippen molar-refractivity contribution in [2.45, 2.75) is 58.5 Å². The molecule has 7 heteroatoms. The molecule has 3 amide bonds. The molecule has 2 N–H and O–H groups in total. The maximum atomic E-state index is 12.8. The van der Waals surface area contributed by atoms with Crippen molar-refractivity contribution in [2.24, 2.45) is 5.92 Å². The third-order valence-corrected chi connectivity index (χ3v) is 5.85. The molecule has 1 aliphatic rings. The summed E-state index contributed by atoms with van der Waals surface area (Å²) in [5.74, 6) is -0.170. The number of piperidine rings is 1. The molecule has 2 atom stereocenters. The van der Waals surface area contributed by atoms with Gasteiger partial charge in [-0.2, -0.15) is 0 Å². The van der Waals surface area contributed by atoms with Crippen molar-refractivity contribution in [3.05, 3.63) is 22.4 Å². The van der Waals surface area contributed by atoms with Crippen LogP contribution in [0.15, 0.2) is 17.5 Å². The molecule has 0 unspecified atom stereocenters. The van der Waals surface area contributed by atoms with Crippen LogP contribution in [0.2, 0.25) is 0 Å². The van der Waals surface area contributed by atoms with E-state index in [9.17, 15) is 14.4 Å². The molecule has 1 fully saturated rings. The minimum absolute atomic E-state index is 0.0314. The largest absolute Gasteiger partial charge is 0.352 e. The minimum Gasteiger partial charge on any atom is -0.352 e. The van der Waals surface area contributed by atoms with Gasteiger partial charge in [-0.3, -0.25) is 14.4 Å². The summed E-state index contributed by atoms with van der Waals surface area (Å²) >= 11 is 1.36. The summed E-state index contributed by atoms with van der Waals surface area (Å²) in [6.45, 7) is 7.11. The van der Waals surface area contributed by atoms with Gasteiger partial charge in [-0.25, -0.2) is 0 Å². The van der Waals surface area contributed by atoms with E-state index in [-0.39, 0.29) is 29.7 Å². The molecular formula is C19H29N3O3S. The van der Waals surface area contributed by atoms with Gasteiger partial charge >= 0.3 is 0 Å². The molecule has 0 saturated carbocycles. The summed E-state index contributed by atoms with van der Waals surface area (Å²) in [5, 5.41) is 7.77. The normalized spacial score (nSPS) is 17.4. The predicted octanol–water partition coefficient (Wildman–Crippen LogP) is 2.41. The summed E-state index contributed by atoms with van der Waals surface area (Å²) < 4.78 is 0. The van der Waals surface area contributed by atoms with E-state index in [0.29, 0.717) is 24.4 Å². The molecule has 1 aliphatic heterocycles. The maximum Gasteiger partial charge on any atom is 0.262 e. The van der Waals surface area contributed by atoms with Gasteiger partial charge in [0.05, 0.1) is 4.88 Å². The summed E-state index contributed by atoms with van der Waals surface area (Å²) in [4.78, 5) is 39.6. The van der Waals surface area contributed by atoms with Crippen LogP contribution < -0.4 is 10.6 Å². The Morgan fingerprint density at radius 1 is 1.23 bits per heavy atom. The van der Waals surface area contributed by atoms with Crippen molar-refractivity contribution in [1.82, 2.24) is 15.5 Å². The minimum atomic E-state index is -0.572. The standard InChI is InChI=1S/C19H29N3O3S/c1-4-13(3)20-19(25)17(21-18(24)15-7-6-12-26-15)14-8-10-22(11-9-14)16(23)5-2/h6-7,12-14,17H,4-5,8-11H2,1-3H3,(H,20,25)(H,21,24)/t13-,17-/m1/s1. The monoisotopic (exact) mass is 379 g/mol. The third-order valence-electron chi connectivity index (χ3n) is 4.98. The number of carbonyl (C=O) groups excluding carboxylic acids is 3. The molecule has 0 bridgehead atoms. The molecule has 1 aromatic heterocycles. The van der Waals surface area contributed by atoms with E-state index in [1.54, 1.807) is 6.07 Å². The topological polar surface area (TPSA) is 78.5 Å². The first-order chi connectivity index (χ1) is 12.5. The highest BCUT2D eigenvalue weighted by molar-refractivity contribution is 7.12. The van der Waals surface area contributed by atoms with Crippen molar-refractivity contribution < 1.29 is 14.4 Å². The molecule has 0 aromatic carbocycles. The average Bonchev–Trinajstić information content (AvgIpc) is 3.20. The Balaban J connectivity index is 2.06. The van der Waals surface area contributed by atoms with Crippen molar-refractivity contribution in [3.63, 3.8) is 0 Å². The zero-order chi connectivity index (χ0) is 19.1. The van der Waals surface area contributed by atoms with Gasteiger partial charge in [0.2, 0.25) is 11.8 Å². The smallest absolute Gasteiger partial charge is 0.262 e. The van der Waals surface area contributed by atoms with E-state index in [4.69, 9.17) is 0 Å². The van der Waals surface area contributed by atoms with E-state index < -0.39 is 6.04 Å². The Morgan fingerprint density at radius 2 is 1.92 bits per heavy atom. The van der Waals surface area contributed by atoms with E-state index in [0.717, 1.165) is 19.3 Å². The molecular weight excluding hydrogens is 350 g/mol. The zero-order valence-corrected chi connectivity index (χ0v) is 16.6. The van der Waals surface area contributed by atoms with Crippen molar-refractivity contribution in [3.8, 4) is 0 Å². The first-order valence-electron chi connectivity index (χ1n) is 9.38. The molecule has 0 spiro atoms. The highest BCUT2D eigenvalue weighted by Crippen LogP contribution is 2.22.